The van der Waals surface area contributed by atoms with Crippen molar-refractivity contribution in [1.29, 1.82) is 0 Å². The number of hydrogen-bond acceptors (Lipinski definition) is 6. The minimum absolute atomic E-state index is 0.0452. The fourth-order valence-electron chi connectivity index (χ4n) is 6.75. The van der Waals surface area contributed by atoms with Crippen LogP contribution in [0.5, 0.6) is 0 Å². The molecule has 6 atom stereocenters. The van der Waals surface area contributed by atoms with E-state index in [2.05, 4.69) is 33.8 Å². The molecule has 0 aromatic rings. The number of piperidine rings is 1. The maximum absolute atomic E-state index is 14.4. The molecule has 3 rings (SSSR count). The SMILES string of the molecule is C#CCCC(NC(=O)[C@@H]1[C@@H]2C(CN1C(=O)[C@@H](NC(=O)N[C@H](CN1CCN(C)C1=O)C(C)(C)C)C(C)(C)C)C2(C)C)C(=O)C(=O)NCC=C. The van der Waals surface area contributed by atoms with E-state index in [4.69, 9.17) is 6.42 Å². The number of likely N-dealkylation sites (tertiary alicyclic amines) is 1. The average Bonchev–Trinajstić information content (AvgIpc) is 3.27. The van der Waals surface area contributed by atoms with Crippen molar-refractivity contribution in [3.05, 3.63) is 12.7 Å². The van der Waals surface area contributed by atoms with Gasteiger partial charge in [0, 0.05) is 46.2 Å². The van der Waals surface area contributed by atoms with E-state index in [1.165, 1.54) is 11.0 Å². The van der Waals surface area contributed by atoms with E-state index in [0.29, 0.717) is 26.2 Å². The Morgan fingerprint density at radius 3 is 2.21 bits per heavy atom. The quantitative estimate of drug-likeness (QED) is 0.133. The predicted octanol–water partition coefficient (Wildman–Crippen LogP) is 1.73. The van der Waals surface area contributed by atoms with Gasteiger partial charge in [-0.15, -0.1) is 18.9 Å². The van der Waals surface area contributed by atoms with Crippen LogP contribution in [-0.2, 0) is 19.2 Å². The van der Waals surface area contributed by atoms with Crippen LogP contribution in [0.3, 0.4) is 0 Å². The summed E-state index contributed by atoms with van der Waals surface area (Å²) in [6.07, 6.45) is 7.08. The van der Waals surface area contributed by atoms with Crippen LogP contribution in [0.4, 0.5) is 9.59 Å². The lowest BCUT2D eigenvalue weighted by Gasteiger charge is -2.39. The number of terminal acetylenes is 1. The maximum atomic E-state index is 14.4. The summed E-state index contributed by atoms with van der Waals surface area (Å²) >= 11 is 0. The van der Waals surface area contributed by atoms with Crippen LogP contribution in [0, 0.1) is 40.4 Å². The van der Waals surface area contributed by atoms with E-state index in [-0.39, 0.29) is 42.7 Å². The van der Waals surface area contributed by atoms with E-state index in [1.807, 2.05) is 55.4 Å². The number of nitrogens with zero attached hydrogens (tertiary/aromatic N) is 3. The first-order chi connectivity index (χ1) is 22.2. The molecule has 0 aromatic heterocycles. The molecule has 2 saturated heterocycles. The number of fused-ring (bicyclic) bond motifs is 1. The number of carbonyl (C=O) groups is 6. The minimum Gasteiger partial charge on any atom is -0.346 e. The van der Waals surface area contributed by atoms with Gasteiger partial charge in [-0.1, -0.05) is 61.5 Å². The second-order valence-electron chi connectivity index (χ2n) is 16.0. The van der Waals surface area contributed by atoms with Gasteiger partial charge in [0.1, 0.15) is 12.1 Å². The average molecular weight is 670 g/mol. The molecular formula is C35H55N7O6. The van der Waals surface area contributed by atoms with Crippen LogP contribution in [0.1, 0.15) is 68.2 Å². The molecule has 2 unspecified atom stereocenters. The van der Waals surface area contributed by atoms with Gasteiger partial charge < -0.3 is 36.0 Å². The monoisotopic (exact) mass is 669 g/mol. The molecule has 0 aromatic carbocycles. The van der Waals surface area contributed by atoms with Crippen LogP contribution in [0.25, 0.3) is 0 Å². The standard InChI is InChI=1S/C35H55N7O6/c1-12-14-15-22(26(43)29(45)36-16-13-2)37-28(44)25-24-21(35(24,9)10)19-42(25)30(46)27(34(6,7)8)39-31(47)38-23(33(3,4)5)20-41-18-17-40(11)32(41)48/h1,13,21-25,27H,2,14-20H2,3-11H3,(H,36,45)(H,37,44)(H2,38,39,47)/t21?,22?,23-,24+,25+,27-/m1/s1. The predicted molar refractivity (Wildman–Crippen MR) is 182 cm³/mol. The molecule has 13 heteroatoms. The number of hydrogen-bond donors (Lipinski definition) is 4. The highest BCUT2D eigenvalue weighted by atomic mass is 16.2. The fraction of sp³-hybridized carbons (Fsp3) is 0.714. The van der Waals surface area contributed by atoms with Gasteiger partial charge in [-0.05, 0) is 34.5 Å². The Morgan fingerprint density at radius 2 is 1.69 bits per heavy atom. The number of rotatable bonds is 13. The Hall–Kier alpha value is -4.08. The van der Waals surface area contributed by atoms with Crippen molar-refractivity contribution in [2.45, 2.75) is 92.4 Å². The molecule has 3 aliphatic rings. The number of ketones is 1. The van der Waals surface area contributed by atoms with Crippen LogP contribution in [-0.4, -0.2) is 114 Å². The third kappa shape index (κ3) is 8.49. The Balaban J connectivity index is 1.82. The molecule has 2 aliphatic heterocycles. The summed E-state index contributed by atoms with van der Waals surface area (Å²) in [4.78, 5) is 84.8. The van der Waals surface area contributed by atoms with Crippen molar-refractivity contribution in [1.82, 2.24) is 36.0 Å². The minimum atomic E-state index is -1.17. The first kappa shape index (κ1) is 38.4. The van der Waals surface area contributed by atoms with Crippen LogP contribution in [0.2, 0.25) is 0 Å². The lowest BCUT2D eigenvalue weighted by atomic mass is 9.85. The van der Waals surface area contributed by atoms with Crippen LogP contribution in [0.15, 0.2) is 12.7 Å². The molecule has 3 fully saturated rings. The van der Waals surface area contributed by atoms with E-state index in [1.54, 1.807) is 16.8 Å². The molecule has 48 heavy (non-hydrogen) atoms. The molecule has 4 N–H and O–H groups in total. The van der Waals surface area contributed by atoms with Crippen molar-refractivity contribution in [3.8, 4) is 12.3 Å². The third-order valence-electron chi connectivity index (χ3n) is 10.0. The molecule has 7 amide bonds. The molecule has 1 aliphatic carbocycles. The first-order valence-electron chi connectivity index (χ1n) is 16.7. The summed E-state index contributed by atoms with van der Waals surface area (Å²) in [6, 6.07) is -4.16. The summed E-state index contributed by atoms with van der Waals surface area (Å²) in [5.41, 5.74) is -1.36. The topological polar surface area (TPSA) is 160 Å². The van der Waals surface area contributed by atoms with E-state index < -0.39 is 64.5 Å². The van der Waals surface area contributed by atoms with Crippen molar-refractivity contribution in [2.75, 3.05) is 39.8 Å². The number of Topliss-reactive ketones (excluding diaryl/α,β-unsaturated/α-hetero) is 1. The zero-order chi connectivity index (χ0) is 36.4. The highest BCUT2D eigenvalue weighted by Gasteiger charge is 2.70. The Bertz CT molecular complexity index is 1340. The molecule has 0 spiro atoms. The molecule has 0 bridgehead atoms. The van der Waals surface area contributed by atoms with E-state index >= 15 is 0 Å². The first-order valence-corrected chi connectivity index (χ1v) is 16.7. The molecule has 1 saturated carbocycles. The summed E-state index contributed by atoms with van der Waals surface area (Å²) < 4.78 is 0. The second-order valence-corrected chi connectivity index (χ2v) is 16.0. The van der Waals surface area contributed by atoms with Crippen molar-refractivity contribution >= 4 is 35.6 Å². The fourth-order valence-corrected chi connectivity index (χ4v) is 6.75. The van der Waals surface area contributed by atoms with Crippen LogP contribution >= 0.6 is 0 Å². The molecule has 0 radical (unpaired) electrons. The number of likely N-dealkylation sites (N-methyl/N-ethyl adjacent to an activating group) is 1. The maximum Gasteiger partial charge on any atom is 0.319 e. The van der Waals surface area contributed by atoms with Gasteiger partial charge in [-0.25, -0.2) is 9.59 Å². The number of nitrogens with one attached hydrogen (secondary N) is 4. The number of amides is 7. The largest absolute Gasteiger partial charge is 0.346 e. The molecule has 2 heterocycles. The lowest BCUT2D eigenvalue weighted by Crippen LogP contribution is -2.62. The Morgan fingerprint density at radius 1 is 1.04 bits per heavy atom. The molecule has 266 valence electrons. The van der Waals surface area contributed by atoms with Gasteiger partial charge >= 0.3 is 12.1 Å². The van der Waals surface area contributed by atoms with Gasteiger partial charge in [0.15, 0.2) is 0 Å². The highest BCUT2D eigenvalue weighted by molar-refractivity contribution is 6.38. The van der Waals surface area contributed by atoms with Crippen molar-refractivity contribution in [2.24, 2.45) is 28.1 Å². The number of urea groups is 2. The van der Waals surface area contributed by atoms with Crippen molar-refractivity contribution < 1.29 is 28.8 Å². The second kappa shape index (κ2) is 14.6. The molecular weight excluding hydrogens is 614 g/mol. The van der Waals surface area contributed by atoms with Gasteiger partial charge in [0.2, 0.25) is 17.6 Å². The summed E-state index contributed by atoms with van der Waals surface area (Å²) in [7, 11) is 1.74. The van der Waals surface area contributed by atoms with E-state index in [0.717, 1.165) is 0 Å². The summed E-state index contributed by atoms with van der Waals surface area (Å²) in [6.45, 7) is 20.9. The lowest BCUT2D eigenvalue weighted by molar-refractivity contribution is -0.145. The smallest absolute Gasteiger partial charge is 0.319 e. The van der Waals surface area contributed by atoms with Gasteiger partial charge in [0.05, 0.1) is 12.1 Å². The van der Waals surface area contributed by atoms with Gasteiger partial charge in [-0.3, -0.25) is 19.2 Å². The summed E-state index contributed by atoms with van der Waals surface area (Å²) in [5, 5.41) is 11.1. The Labute approximate surface area is 285 Å². The Kier molecular flexibility index (Phi) is 11.7. The van der Waals surface area contributed by atoms with Crippen LogP contribution < -0.4 is 21.3 Å². The highest BCUT2D eigenvalue weighted by Crippen LogP contribution is 2.65. The van der Waals surface area contributed by atoms with Gasteiger partial charge in [-0.2, -0.15) is 0 Å². The van der Waals surface area contributed by atoms with Gasteiger partial charge in [0.25, 0.3) is 5.91 Å². The normalized spacial score (nSPS) is 23.3. The molecule has 13 nitrogen and oxygen atoms in total. The van der Waals surface area contributed by atoms with E-state index in [9.17, 15) is 28.8 Å². The zero-order valence-electron chi connectivity index (χ0n) is 30.1. The summed E-state index contributed by atoms with van der Waals surface area (Å²) in [5.74, 6) is -0.329. The third-order valence-corrected chi connectivity index (χ3v) is 10.0. The zero-order valence-corrected chi connectivity index (χ0v) is 30.1. The van der Waals surface area contributed by atoms with Crippen molar-refractivity contribution in [3.63, 3.8) is 0 Å². The number of carbonyl (C=O) groups excluding carboxylic acids is 6.